The highest BCUT2D eigenvalue weighted by Crippen LogP contribution is 2.59. The first-order chi connectivity index (χ1) is 14.9. The molecular formula is C26H45N3O2. The first-order valence-corrected chi connectivity index (χ1v) is 12.8. The average Bonchev–Trinajstić information content (AvgIpc) is 2.79. The Morgan fingerprint density at radius 1 is 1.10 bits per heavy atom. The molecule has 1 saturated carbocycles. The molecule has 0 N–H and O–H groups in total. The smallest absolute Gasteiger partial charge is 0.222 e. The van der Waals surface area contributed by atoms with Gasteiger partial charge < -0.3 is 9.80 Å². The van der Waals surface area contributed by atoms with Crippen LogP contribution in [0.4, 0.5) is 0 Å². The predicted molar refractivity (Wildman–Crippen MR) is 127 cm³/mol. The van der Waals surface area contributed by atoms with Gasteiger partial charge in [-0.3, -0.25) is 14.5 Å². The SMILES string of the molecule is CCCCCCC(=O)N1CCN(CCN(CC2=CCC3CC2C3(C)C)C(=O)CC)CC1. The van der Waals surface area contributed by atoms with E-state index in [9.17, 15) is 9.59 Å². The monoisotopic (exact) mass is 431 g/mol. The Labute approximate surface area is 190 Å². The van der Waals surface area contributed by atoms with E-state index in [1.165, 1.54) is 37.7 Å². The first kappa shape index (κ1) is 24.3. The lowest BCUT2D eigenvalue weighted by atomic mass is 9.49. The van der Waals surface area contributed by atoms with Crippen molar-refractivity contribution in [2.45, 2.75) is 79.1 Å². The lowest BCUT2D eigenvalue weighted by molar-refractivity contribution is -0.133. The highest BCUT2D eigenvalue weighted by Gasteiger charge is 2.51. The molecule has 3 aliphatic carbocycles. The molecule has 5 heteroatoms. The number of piperazine rings is 1. The molecule has 5 nitrogen and oxygen atoms in total. The van der Waals surface area contributed by atoms with Crippen molar-refractivity contribution in [3.8, 4) is 0 Å². The minimum atomic E-state index is 0.265. The van der Waals surface area contributed by atoms with Crippen molar-refractivity contribution < 1.29 is 9.59 Å². The van der Waals surface area contributed by atoms with Crippen LogP contribution in [-0.4, -0.2) is 72.3 Å². The predicted octanol–water partition coefficient (Wildman–Crippen LogP) is 4.33. The number of nitrogens with zero attached hydrogens (tertiary/aromatic N) is 3. The molecular weight excluding hydrogens is 386 g/mol. The summed E-state index contributed by atoms with van der Waals surface area (Å²) in [6.45, 7) is 15.0. The lowest BCUT2D eigenvalue weighted by Gasteiger charge is -2.57. The summed E-state index contributed by atoms with van der Waals surface area (Å²) in [5.74, 6) is 2.08. The molecule has 2 fully saturated rings. The van der Waals surface area contributed by atoms with E-state index in [0.717, 1.165) is 58.2 Å². The van der Waals surface area contributed by atoms with Crippen LogP contribution in [0.1, 0.15) is 79.1 Å². The van der Waals surface area contributed by atoms with E-state index in [4.69, 9.17) is 0 Å². The topological polar surface area (TPSA) is 43.9 Å². The van der Waals surface area contributed by atoms with Crippen molar-refractivity contribution in [1.29, 1.82) is 0 Å². The Kier molecular flexibility index (Phi) is 8.60. The molecule has 0 spiro atoms. The van der Waals surface area contributed by atoms with Crippen LogP contribution in [0.15, 0.2) is 11.6 Å². The number of hydrogen-bond acceptors (Lipinski definition) is 3. The Morgan fingerprint density at radius 3 is 2.45 bits per heavy atom. The van der Waals surface area contributed by atoms with Gasteiger partial charge in [-0.25, -0.2) is 0 Å². The molecule has 2 unspecified atom stereocenters. The standard InChI is InChI=1S/C26H45N3O2/c1-5-7-8-9-10-25(31)28-16-13-27(14-17-28)15-18-29(24(30)6-2)20-21-11-12-22-19-23(21)26(22,3)4/h11,22-23H,5-10,12-20H2,1-4H3. The summed E-state index contributed by atoms with van der Waals surface area (Å²) in [4.78, 5) is 31.6. The van der Waals surface area contributed by atoms with Gasteiger partial charge in [0, 0.05) is 58.7 Å². The zero-order valence-electron chi connectivity index (χ0n) is 20.5. The number of carbonyl (C=O) groups is 2. The summed E-state index contributed by atoms with van der Waals surface area (Å²) in [7, 11) is 0. The number of unbranched alkanes of at least 4 members (excludes halogenated alkanes) is 3. The molecule has 2 amide bonds. The molecule has 4 rings (SSSR count). The van der Waals surface area contributed by atoms with E-state index in [0.29, 0.717) is 30.1 Å². The summed E-state index contributed by atoms with van der Waals surface area (Å²) in [5, 5.41) is 0. The largest absolute Gasteiger partial charge is 0.340 e. The summed E-state index contributed by atoms with van der Waals surface area (Å²) in [6.07, 6.45) is 10.8. The molecule has 4 aliphatic rings. The molecule has 0 aromatic carbocycles. The van der Waals surface area contributed by atoms with Crippen molar-refractivity contribution in [1.82, 2.24) is 14.7 Å². The minimum Gasteiger partial charge on any atom is -0.340 e. The van der Waals surface area contributed by atoms with Crippen LogP contribution in [0, 0.1) is 17.3 Å². The number of fused-ring (bicyclic) bond motifs is 1. The average molecular weight is 432 g/mol. The van der Waals surface area contributed by atoms with Crippen LogP contribution >= 0.6 is 0 Å². The number of amides is 2. The van der Waals surface area contributed by atoms with Gasteiger partial charge in [0.25, 0.3) is 0 Å². The molecule has 0 aromatic heterocycles. The third-order valence-corrected chi connectivity index (χ3v) is 8.27. The van der Waals surface area contributed by atoms with Crippen molar-refractivity contribution in [2.24, 2.45) is 17.3 Å². The van der Waals surface area contributed by atoms with Crippen molar-refractivity contribution in [3.63, 3.8) is 0 Å². The maximum absolute atomic E-state index is 12.7. The van der Waals surface area contributed by atoms with Crippen molar-refractivity contribution in [2.75, 3.05) is 45.8 Å². The van der Waals surface area contributed by atoms with Crippen molar-refractivity contribution in [3.05, 3.63) is 11.6 Å². The second kappa shape index (κ2) is 11.0. The van der Waals surface area contributed by atoms with E-state index in [2.05, 4.69) is 36.6 Å². The molecule has 2 bridgehead atoms. The zero-order chi connectivity index (χ0) is 22.4. The maximum atomic E-state index is 12.7. The van der Waals surface area contributed by atoms with Gasteiger partial charge in [-0.05, 0) is 36.5 Å². The van der Waals surface area contributed by atoms with Crippen LogP contribution < -0.4 is 0 Å². The van der Waals surface area contributed by atoms with E-state index < -0.39 is 0 Å². The van der Waals surface area contributed by atoms with E-state index >= 15 is 0 Å². The molecule has 1 saturated heterocycles. The van der Waals surface area contributed by atoms with Gasteiger partial charge in [-0.1, -0.05) is 58.6 Å². The van der Waals surface area contributed by atoms with Gasteiger partial charge in [-0.2, -0.15) is 0 Å². The van der Waals surface area contributed by atoms with Gasteiger partial charge in [0.05, 0.1) is 0 Å². The van der Waals surface area contributed by atoms with Gasteiger partial charge in [-0.15, -0.1) is 0 Å². The summed E-state index contributed by atoms with van der Waals surface area (Å²) < 4.78 is 0. The van der Waals surface area contributed by atoms with Crippen LogP contribution in [0.5, 0.6) is 0 Å². The van der Waals surface area contributed by atoms with Crippen LogP contribution in [0.25, 0.3) is 0 Å². The second-order valence-corrected chi connectivity index (χ2v) is 10.5. The highest BCUT2D eigenvalue weighted by molar-refractivity contribution is 5.76. The molecule has 0 aromatic rings. The van der Waals surface area contributed by atoms with Crippen molar-refractivity contribution >= 4 is 11.8 Å². The summed E-state index contributed by atoms with van der Waals surface area (Å²) in [6, 6.07) is 0. The Morgan fingerprint density at radius 2 is 1.84 bits per heavy atom. The molecule has 31 heavy (non-hydrogen) atoms. The number of rotatable bonds is 11. The zero-order valence-corrected chi connectivity index (χ0v) is 20.5. The third-order valence-electron chi connectivity index (χ3n) is 8.27. The van der Waals surface area contributed by atoms with E-state index in [-0.39, 0.29) is 5.91 Å². The quantitative estimate of drug-likeness (QED) is 0.361. The number of allylic oxidation sites excluding steroid dienone is 1. The van der Waals surface area contributed by atoms with E-state index in [1.807, 2.05) is 11.8 Å². The van der Waals surface area contributed by atoms with Gasteiger partial charge in [0.15, 0.2) is 0 Å². The Hall–Kier alpha value is -1.36. The fraction of sp³-hybridized carbons (Fsp3) is 0.846. The van der Waals surface area contributed by atoms with Gasteiger partial charge in [0.2, 0.25) is 11.8 Å². The number of hydrogen-bond donors (Lipinski definition) is 0. The minimum absolute atomic E-state index is 0.265. The summed E-state index contributed by atoms with van der Waals surface area (Å²) in [5.41, 5.74) is 1.90. The molecule has 0 radical (unpaired) electrons. The lowest BCUT2D eigenvalue weighted by Crippen LogP contribution is -2.52. The highest BCUT2D eigenvalue weighted by atomic mass is 16.2. The molecule has 1 heterocycles. The van der Waals surface area contributed by atoms with Crippen LogP contribution in [0.3, 0.4) is 0 Å². The van der Waals surface area contributed by atoms with E-state index in [1.54, 1.807) is 0 Å². The summed E-state index contributed by atoms with van der Waals surface area (Å²) >= 11 is 0. The van der Waals surface area contributed by atoms with Crippen LogP contribution in [-0.2, 0) is 9.59 Å². The van der Waals surface area contributed by atoms with Gasteiger partial charge in [0.1, 0.15) is 0 Å². The maximum Gasteiger partial charge on any atom is 0.222 e. The third kappa shape index (κ3) is 5.91. The fourth-order valence-electron chi connectivity index (χ4n) is 5.74. The molecule has 2 atom stereocenters. The number of carbonyl (C=O) groups excluding carboxylic acids is 2. The Bertz CT molecular complexity index is 649. The molecule has 176 valence electrons. The van der Waals surface area contributed by atoms with Gasteiger partial charge >= 0.3 is 0 Å². The first-order valence-electron chi connectivity index (χ1n) is 12.8. The normalized spacial score (nSPS) is 25.0. The fourth-order valence-corrected chi connectivity index (χ4v) is 5.74. The second-order valence-electron chi connectivity index (χ2n) is 10.5. The van der Waals surface area contributed by atoms with Crippen LogP contribution in [0.2, 0.25) is 0 Å². The molecule has 1 aliphatic heterocycles. The Balaban J connectivity index is 1.43.